The van der Waals surface area contributed by atoms with E-state index in [1.54, 1.807) is 0 Å². The van der Waals surface area contributed by atoms with Crippen molar-refractivity contribution >= 4 is 5.69 Å². The zero-order valence-electron chi connectivity index (χ0n) is 11.6. The second kappa shape index (κ2) is 5.68. The molecule has 1 unspecified atom stereocenters. The highest BCUT2D eigenvalue weighted by Gasteiger charge is 2.58. The zero-order chi connectivity index (χ0) is 14.0. The molecule has 0 aromatic heterocycles. The van der Waals surface area contributed by atoms with Crippen LogP contribution in [0, 0.1) is 5.92 Å². The lowest BCUT2D eigenvalue weighted by Crippen LogP contribution is -2.18. The molecule has 0 amide bonds. The number of alkyl halides is 2. The van der Waals surface area contributed by atoms with E-state index < -0.39 is 11.8 Å². The Balaban J connectivity index is 1.55. The van der Waals surface area contributed by atoms with Gasteiger partial charge >= 0.3 is 0 Å². The van der Waals surface area contributed by atoms with E-state index in [0.717, 1.165) is 50.3 Å². The first-order valence-corrected chi connectivity index (χ1v) is 7.45. The Morgan fingerprint density at radius 2 is 1.90 bits per heavy atom. The van der Waals surface area contributed by atoms with E-state index in [9.17, 15) is 8.78 Å². The lowest BCUT2D eigenvalue weighted by molar-refractivity contribution is 0.0649. The summed E-state index contributed by atoms with van der Waals surface area (Å²) >= 11 is 0. The van der Waals surface area contributed by atoms with Gasteiger partial charge in [-0.15, -0.1) is 0 Å². The lowest BCUT2D eigenvalue weighted by atomic mass is 9.96. The number of anilines is 1. The maximum absolute atomic E-state index is 13.2. The van der Waals surface area contributed by atoms with E-state index in [-0.39, 0.29) is 6.42 Å². The molecule has 1 aromatic carbocycles. The highest BCUT2D eigenvalue weighted by Crippen LogP contribution is 2.57. The van der Waals surface area contributed by atoms with Crippen LogP contribution in [0.2, 0.25) is 0 Å². The second-order valence-electron chi connectivity index (χ2n) is 5.88. The fraction of sp³-hybridized carbons (Fsp3) is 0.625. The highest BCUT2D eigenvalue weighted by atomic mass is 19.3. The SMILES string of the molecule is FC1(F)CC1c1ccccc1NCCC1CCOCC1. The van der Waals surface area contributed by atoms with Crippen molar-refractivity contribution in [1.29, 1.82) is 0 Å². The summed E-state index contributed by atoms with van der Waals surface area (Å²) in [6.45, 7) is 2.56. The Labute approximate surface area is 118 Å². The molecule has 2 nitrogen and oxygen atoms in total. The quantitative estimate of drug-likeness (QED) is 0.879. The summed E-state index contributed by atoms with van der Waals surface area (Å²) in [6.07, 6.45) is 3.30. The van der Waals surface area contributed by atoms with Crippen LogP contribution in [0.25, 0.3) is 0 Å². The number of para-hydroxylation sites is 1. The van der Waals surface area contributed by atoms with Crippen LogP contribution in [0.1, 0.15) is 37.2 Å². The minimum Gasteiger partial charge on any atom is -0.385 e. The van der Waals surface area contributed by atoms with E-state index in [4.69, 9.17) is 4.74 Å². The van der Waals surface area contributed by atoms with Gasteiger partial charge in [0.2, 0.25) is 0 Å². The van der Waals surface area contributed by atoms with Crippen LogP contribution in [-0.2, 0) is 4.74 Å². The van der Waals surface area contributed by atoms with Gasteiger partial charge in [0, 0.05) is 31.9 Å². The molecule has 1 aliphatic heterocycles. The van der Waals surface area contributed by atoms with Crippen molar-refractivity contribution in [3.05, 3.63) is 29.8 Å². The fourth-order valence-electron chi connectivity index (χ4n) is 2.96. The largest absolute Gasteiger partial charge is 0.385 e. The van der Waals surface area contributed by atoms with E-state index in [2.05, 4.69) is 5.32 Å². The van der Waals surface area contributed by atoms with E-state index in [1.807, 2.05) is 24.3 Å². The number of hydrogen-bond acceptors (Lipinski definition) is 2. The maximum Gasteiger partial charge on any atom is 0.256 e. The molecule has 3 rings (SSSR count). The molecule has 0 radical (unpaired) electrons. The smallest absolute Gasteiger partial charge is 0.256 e. The third-order valence-electron chi connectivity index (χ3n) is 4.37. The minimum atomic E-state index is -2.50. The summed E-state index contributed by atoms with van der Waals surface area (Å²) in [5.41, 5.74) is 1.64. The van der Waals surface area contributed by atoms with Crippen molar-refractivity contribution in [2.45, 2.75) is 37.5 Å². The molecule has 2 fully saturated rings. The van der Waals surface area contributed by atoms with Crippen LogP contribution in [0.3, 0.4) is 0 Å². The predicted octanol–water partition coefficient (Wildman–Crippen LogP) is 4.04. The van der Waals surface area contributed by atoms with Gasteiger partial charge < -0.3 is 10.1 Å². The first kappa shape index (κ1) is 13.8. The van der Waals surface area contributed by atoms with Crippen molar-refractivity contribution < 1.29 is 13.5 Å². The number of hydrogen-bond donors (Lipinski definition) is 1. The number of ether oxygens (including phenoxy) is 1. The van der Waals surface area contributed by atoms with Gasteiger partial charge in [0.15, 0.2) is 0 Å². The van der Waals surface area contributed by atoms with E-state index >= 15 is 0 Å². The summed E-state index contributed by atoms with van der Waals surface area (Å²) < 4.78 is 31.8. The van der Waals surface area contributed by atoms with Gasteiger partial charge in [-0.05, 0) is 36.8 Å². The Morgan fingerprint density at radius 1 is 1.20 bits per heavy atom. The van der Waals surface area contributed by atoms with Gasteiger partial charge in [-0.25, -0.2) is 8.78 Å². The zero-order valence-corrected chi connectivity index (χ0v) is 11.6. The van der Waals surface area contributed by atoms with Gasteiger partial charge in [-0.2, -0.15) is 0 Å². The van der Waals surface area contributed by atoms with Crippen LogP contribution in [0.5, 0.6) is 0 Å². The van der Waals surface area contributed by atoms with Gasteiger partial charge in [0.25, 0.3) is 5.92 Å². The van der Waals surface area contributed by atoms with Gasteiger partial charge in [0.1, 0.15) is 0 Å². The summed E-state index contributed by atoms with van der Waals surface area (Å²) in [4.78, 5) is 0. The standard InChI is InChI=1S/C16H21F2NO/c17-16(18)11-14(16)13-3-1-2-4-15(13)19-8-5-12-6-9-20-10-7-12/h1-4,12,14,19H,5-11H2. The van der Waals surface area contributed by atoms with E-state index in [1.165, 1.54) is 0 Å². The molecular weight excluding hydrogens is 260 g/mol. The van der Waals surface area contributed by atoms with E-state index in [0.29, 0.717) is 5.92 Å². The van der Waals surface area contributed by atoms with Crippen molar-refractivity contribution in [2.24, 2.45) is 5.92 Å². The molecule has 1 aliphatic carbocycles. The van der Waals surface area contributed by atoms with Gasteiger partial charge in [-0.3, -0.25) is 0 Å². The monoisotopic (exact) mass is 281 g/mol. The average molecular weight is 281 g/mol. The lowest BCUT2D eigenvalue weighted by Gasteiger charge is -2.22. The molecule has 1 N–H and O–H groups in total. The number of rotatable bonds is 5. The van der Waals surface area contributed by atoms with Crippen LogP contribution >= 0.6 is 0 Å². The fourth-order valence-corrected chi connectivity index (χ4v) is 2.96. The van der Waals surface area contributed by atoms with Crippen LogP contribution in [-0.4, -0.2) is 25.7 Å². The first-order valence-electron chi connectivity index (χ1n) is 7.45. The van der Waals surface area contributed by atoms with Crippen molar-refractivity contribution in [3.63, 3.8) is 0 Å². The third-order valence-corrected chi connectivity index (χ3v) is 4.37. The topological polar surface area (TPSA) is 21.3 Å². The van der Waals surface area contributed by atoms with Crippen LogP contribution in [0.15, 0.2) is 24.3 Å². The molecule has 1 saturated heterocycles. The third kappa shape index (κ3) is 3.11. The van der Waals surface area contributed by atoms with Crippen molar-refractivity contribution in [2.75, 3.05) is 25.1 Å². The molecule has 1 saturated carbocycles. The summed E-state index contributed by atoms with van der Waals surface area (Å²) in [5, 5.41) is 3.35. The molecule has 4 heteroatoms. The summed E-state index contributed by atoms with van der Waals surface area (Å²) in [6, 6.07) is 7.48. The van der Waals surface area contributed by atoms with Crippen molar-refractivity contribution in [1.82, 2.24) is 0 Å². The molecule has 20 heavy (non-hydrogen) atoms. The molecular formula is C16H21F2NO. The Hall–Kier alpha value is -1.16. The van der Waals surface area contributed by atoms with Crippen LogP contribution < -0.4 is 5.32 Å². The molecule has 1 atom stereocenters. The average Bonchev–Trinajstić information content (AvgIpc) is 3.09. The van der Waals surface area contributed by atoms with Gasteiger partial charge in [0.05, 0.1) is 5.92 Å². The maximum atomic E-state index is 13.2. The Bertz CT molecular complexity index is 458. The summed E-state index contributed by atoms with van der Waals surface area (Å²) in [5.74, 6) is -2.39. The molecule has 1 aromatic rings. The Kier molecular flexibility index (Phi) is 3.92. The first-order chi connectivity index (χ1) is 9.67. The highest BCUT2D eigenvalue weighted by molar-refractivity contribution is 5.55. The number of benzene rings is 1. The molecule has 2 aliphatic rings. The normalized spacial score (nSPS) is 25.4. The minimum absolute atomic E-state index is 0.00828. The van der Waals surface area contributed by atoms with Gasteiger partial charge in [-0.1, -0.05) is 18.2 Å². The van der Waals surface area contributed by atoms with Crippen molar-refractivity contribution in [3.8, 4) is 0 Å². The number of nitrogens with one attached hydrogen (secondary N) is 1. The molecule has 110 valence electrons. The molecule has 1 heterocycles. The molecule has 0 bridgehead atoms. The molecule has 0 spiro atoms. The summed E-state index contributed by atoms with van der Waals surface area (Å²) in [7, 11) is 0. The predicted molar refractivity (Wildman–Crippen MR) is 75.4 cm³/mol. The second-order valence-corrected chi connectivity index (χ2v) is 5.88. The van der Waals surface area contributed by atoms with Crippen LogP contribution in [0.4, 0.5) is 14.5 Å². The Morgan fingerprint density at radius 3 is 2.60 bits per heavy atom. The number of halogens is 2.